The lowest BCUT2D eigenvalue weighted by molar-refractivity contribution is -0.0246. The third-order valence-electron chi connectivity index (χ3n) is 3.86. The molecule has 0 aromatic carbocycles. The molecule has 11 heteroatoms. The van der Waals surface area contributed by atoms with Gasteiger partial charge in [0.25, 0.3) is 0 Å². The van der Waals surface area contributed by atoms with Gasteiger partial charge in [-0.3, -0.25) is 0 Å². The third-order valence-corrected chi connectivity index (χ3v) is 3.86. The molecule has 0 atom stereocenters. The Balaban J connectivity index is 3.00. The van der Waals surface area contributed by atoms with Gasteiger partial charge in [0.1, 0.15) is 0 Å². The number of unbranched alkanes of at least 4 members (excludes halogenated alkanes) is 1. The summed E-state index contributed by atoms with van der Waals surface area (Å²) < 4.78 is 48.2. The van der Waals surface area contributed by atoms with Gasteiger partial charge in [0.05, 0.1) is 106 Å². The molecule has 0 saturated carbocycles. The van der Waals surface area contributed by atoms with Gasteiger partial charge in [0.2, 0.25) is 5.01 Å². The summed E-state index contributed by atoms with van der Waals surface area (Å²) in [6, 6.07) is 2.26. The first-order chi connectivity index (χ1) is 16.4. The van der Waals surface area contributed by atoms with Crippen LogP contribution in [0.5, 0.6) is 0 Å². The minimum atomic E-state index is 0.145. The molecular formula is C22H44NO10+. The van der Waals surface area contributed by atoms with Crippen LogP contribution in [0.25, 0.3) is 5.01 Å². The van der Waals surface area contributed by atoms with Crippen LogP contribution in [-0.2, 0) is 42.6 Å². The predicted octanol–water partition coefficient (Wildman–Crippen LogP) is 1.66. The van der Waals surface area contributed by atoms with Crippen molar-refractivity contribution in [2.75, 3.05) is 119 Å². The Morgan fingerprint density at radius 1 is 0.455 bits per heavy atom. The van der Waals surface area contributed by atoms with Crippen LogP contribution in [0, 0.1) is 6.07 Å². The van der Waals surface area contributed by atoms with E-state index in [1.807, 2.05) is 0 Å². The monoisotopic (exact) mass is 482 g/mol. The Hall–Kier alpha value is -1.07. The first-order valence-electron chi connectivity index (χ1n) is 11.7. The number of hydrogen-bond donors (Lipinski definition) is 1. The second-order valence-electron chi connectivity index (χ2n) is 6.56. The van der Waals surface area contributed by atoms with Gasteiger partial charge < -0.3 is 42.6 Å². The molecule has 0 saturated heterocycles. The molecule has 11 nitrogen and oxygen atoms in total. The minimum absolute atomic E-state index is 0.145. The highest BCUT2D eigenvalue weighted by molar-refractivity contribution is 4.77. The highest BCUT2D eigenvalue weighted by Crippen LogP contribution is 1.88. The van der Waals surface area contributed by atoms with Crippen LogP contribution in [0.1, 0.15) is 19.8 Å². The van der Waals surface area contributed by atoms with Gasteiger partial charge in [-0.1, -0.05) is 13.3 Å². The largest absolute Gasteiger partial charge is 0.379 e. The molecule has 33 heavy (non-hydrogen) atoms. The molecule has 0 aromatic heterocycles. The SMILES string of the molecule is CCCCOCCOCCOCCOCCOCCOCCOCCOCCOCC#[N+]O. The quantitative estimate of drug-likeness (QED) is 0.131. The van der Waals surface area contributed by atoms with Crippen molar-refractivity contribution < 1.29 is 47.8 Å². The maximum atomic E-state index is 8.12. The highest BCUT2D eigenvalue weighted by atomic mass is 16.6. The van der Waals surface area contributed by atoms with Crippen molar-refractivity contribution in [3.8, 4) is 6.07 Å². The molecule has 0 radical (unpaired) electrons. The van der Waals surface area contributed by atoms with Crippen LogP contribution in [0.2, 0.25) is 0 Å². The average molecular weight is 483 g/mol. The highest BCUT2D eigenvalue weighted by Gasteiger charge is 1.95. The zero-order valence-electron chi connectivity index (χ0n) is 20.2. The van der Waals surface area contributed by atoms with Crippen LogP contribution in [-0.4, -0.2) is 124 Å². The van der Waals surface area contributed by atoms with E-state index in [0.717, 1.165) is 19.4 Å². The molecule has 0 rings (SSSR count). The molecule has 0 fully saturated rings. The summed E-state index contributed by atoms with van der Waals surface area (Å²) >= 11 is 0. The Kier molecular flexibility index (Phi) is 29.9. The summed E-state index contributed by atoms with van der Waals surface area (Å²) in [5.41, 5.74) is 0. The van der Waals surface area contributed by atoms with Crippen molar-refractivity contribution in [3.63, 3.8) is 0 Å². The summed E-state index contributed by atoms with van der Waals surface area (Å²) in [7, 11) is 0. The van der Waals surface area contributed by atoms with E-state index in [1.165, 1.54) is 0 Å². The van der Waals surface area contributed by atoms with E-state index in [-0.39, 0.29) is 6.61 Å². The second kappa shape index (κ2) is 30.9. The second-order valence-corrected chi connectivity index (χ2v) is 6.56. The van der Waals surface area contributed by atoms with Crippen molar-refractivity contribution in [1.82, 2.24) is 0 Å². The van der Waals surface area contributed by atoms with Crippen LogP contribution in [0.3, 0.4) is 0 Å². The van der Waals surface area contributed by atoms with Gasteiger partial charge in [-0.15, -0.1) is 0 Å². The molecule has 0 unspecified atom stereocenters. The van der Waals surface area contributed by atoms with Crippen molar-refractivity contribution in [3.05, 3.63) is 5.01 Å². The van der Waals surface area contributed by atoms with Crippen molar-refractivity contribution in [2.24, 2.45) is 0 Å². The lowest BCUT2D eigenvalue weighted by atomic mass is 10.4. The van der Waals surface area contributed by atoms with Crippen LogP contribution in [0.15, 0.2) is 0 Å². The standard InChI is InChI=1S/C22H43NO10/c1-2-3-5-25-7-9-27-11-13-29-15-17-31-19-21-33-22-20-32-18-16-30-14-12-28-10-8-26-6-4-23-24/h2-3,5-22H2,1H3/p+1. The van der Waals surface area contributed by atoms with Gasteiger partial charge in [-0.2, -0.15) is 5.21 Å². The van der Waals surface area contributed by atoms with E-state index in [4.69, 9.17) is 47.8 Å². The van der Waals surface area contributed by atoms with Crippen LogP contribution < -0.4 is 0 Å². The van der Waals surface area contributed by atoms with Crippen LogP contribution >= 0.6 is 0 Å². The Morgan fingerprint density at radius 3 is 1.00 bits per heavy atom. The topological polar surface area (TPSA) is 108 Å². The molecule has 0 aliphatic rings. The molecule has 0 aliphatic carbocycles. The van der Waals surface area contributed by atoms with Gasteiger partial charge >= 0.3 is 6.07 Å². The number of nitrogens with zero attached hydrogens (tertiary/aromatic N) is 1. The van der Waals surface area contributed by atoms with Crippen LogP contribution in [0.4, 0.5) is 0 Å². The van der Waals surface area contributed by atoms with Crippen molar-refractivity contribution >= 4 is 0 Å². The van der Waals surface area contributed by atoms with E-state index in [9.17, 15) is 0 Å². The zero-order chi connectivity index (χ0) is 23.9. The fraction of sp³-hybridized carbons (Fsp3) is 0.955. The molecule has 0 heterocycles. The molecule has 0 aliphatic heterocycles. The molecule has 0 aromatic rings. The molecule has 0 bridgehead atoms. The Bertz CT molecular complexity index is 420. The van der Waals surface area contributed by atoms with Gasteiger partial charge in [0.15, 0.2) is 6.61 Å². The number of rotatable bonds is 28. The minimum Gasteiger partial charge on any atom is -0.379 e. The van der Waals surface area contributed by atoms with E-state index < -0.39 is 0 Å². The summed E-state index contributed by atoms with van der Waals surface area (Å²) in [6.45, 7) is 11.4. The molecule has 0 spiro atoms. The van der Waals surface area contributed by atoms with Crippen molar-refractivity contribution in [1.29, 1.82) is 0 Å². The van der Waals surface area contributed by atoms with E-state index in [1.54, 1.807) is 0 Å². The lowest BCUT2D eigenvalue weighted by Crippen LogP contribution is -2.15. The van der Waals surface area contributed by atoms with Gasteiger partial charge in [-0.05, 0) is 6.42 Å². The Labute approximate surface area is 198 Å². The number of hydrogen-bond acceptors (Lipinski definition) is 10. The first kappa shape index (κ1) is 31.9. The summed E-state index contributed by atoms with van der Waals surface area (Å²) in [5.74, 6) is 0. The fourth-order valence-electron chi connectivity index (χ4n) is 2.15. The van der Waals surface area contributed by atoms with E-state index in [0.29, 0.717) is 106 Å². The van der Waals surface area contributed by atoms with Gasteiger partial charge in [0, 0.05) is 6.61 Å². The smallest absolute Gasteiger partial charge is 0.378 e. The average Bonchev–Trinajstić information content (AvgIpc) is 2.83. The third kappa shape index (κ3) is 30.9. The maximum Gasteiger partial charge on any atom is 0.378 e. The summed E-state index contributed by atoms with van der Waals surface area (Å²) in [5, 5.41) is 10.8. The molecule has 196 valence electrons. The normalized spacial score (nSPS) is 10.9. The fourth-order valence-corrected chi connectivity index (χ4v) is 2.15. The molecule has 0 amide bonds. The van der Waals surface area contributed by atoms with Gasteiger partial charge in [-0.25, -0.2) is 0 Å². The van der Waals surface area contributed by atoms with Crippen molar-refractivity contribution in [2.45, 2.75) is 19.8 Å². The molecular weight excluding hydrogens is 438 g/mol. The Morgan fingerprint density at radius 2 is 0.727 bits per heavy atom. The first-order valence-corrected chi connectivity index (χ1v) is 11.7. The lowest BCUT2D eigenvalue weighted by Gasteiger charge is -2.08. The van der Waals surface area contributed by atoms with E-state index in [2.05, 4.69) is 18.0 Å². The maximum absolute atomic E-state index is 8.12. The molecule has 1 N–H and O–H groups in total. The number of ether oxygens (including phenoxy) is 9. The summed E-state index contributed by atoms with van der Waals surface area (Å²) in [6.07, 6.45) is 2.24. The predicted molar refractivity (Wildman–Crippen MR) is 121 cm³/mol. The van der Waals surface area contributed by atoms with E-state index >= 15 is 0 Å². The summed E-state index contributed by atoms with van der Waals surface area (Å²) in [4.78, 5) is 0. The zero-order valence-corrected chi connectivity index (χ0v) is 20.2.